The van der Waals surface area contributed by atoms with Gasteiger partial charge < -0.3 is 10.6 Å². The highest BCUT2D eigenvalue weighted by molar-refractivity contribution is 5.46. The summed E-state index contributed by atoms with van der Waals surface area (Å²) in [5.41, 5.74) is 7.08. The minimum absolute atomic E-state index is 0.525. The van der Waals surface area contributed by atoms with Gasteiger partial charge in [-0.2, -0.15) is 0 Å². The van der Waals surface area contributed by atoms with Crippen molar-refractivity contribution in [1.82, 2.24) is 0 Å². The Labute approximate surface area is 85.7 Å². The van der Waals surface area contributed by atoms with Crippen LogP contribution in [0, 0.1) is 5.92 Å². The maximum atomic E-state index is 5.81. The summed E-state index contributed by atoms with van der Waals surface area (Å²) in [4.78, 5) is 2.32. The zero-order valence-corrected chi connectivity index (χ0v) is 8.69. The molecule has 1 aliphatic carbocycles. The van der Waals surface area contributed by atoms with Crippen LogP contribution < -0.4 is 10.6 Å². The van der Waals surface area contributed by atoms with E-state index in [9.17, 15) is 0 Å². The largest absolute Gasteiger partial charge is 0.370 e. The Hall–Kier alpha value is -1.02. The number of hydrogen-bond donors (Lipinski definition) is 1. The van der Waals surface area contributed by atoms with Crippen LogP contribution in [0.15, 0.2) is 30.3 Å². The average Bonchev–Trinajstić information content (AvgIpc) is 3.04. The number of nitrogens with two attached hydrogens (primary N) is 1. The molecular formula is C12H18N2. The van der Waals surface area contributed by atoms with Crippen LogP contribution in [0.4, 0.5) is 5.69 Å². The van der Waals surface area contributed by atoms with Gasteiger partial charge in [-0.25, -0.2) is 0 Å². The number of hydrogen-bond acceptors (Lipinski definition) is 2. The molecule has 0 saturated heterocycles. The number of para-hydroxylation sites is 1. The molecule has 0 amide bonds. The predicted octanol–water partition coefficient (Wildman–Crippen LogP) is 1.86. The molecule has 0 heterocycles. The van der Waals surface area contributed by atoms with Crippen molar-refractivity contribution in [1.29, 1.82) is 0 Å². The van der Waals surface area contributed by atoms with E-state index in [0.717, 1.165) is 12.5 Å². The lowest BCUT2D eigenvalue weighted by atomic mass is 10.1. The second-order valence-electron chi connectivity index (χ2n) is 4.09. The highest BCUT2D eigenvalue weighted by Crippen LogP contribution is 2.35. The molecule has 1 fully saturated rings. The third kappa shape index (κ3) is 1.90. The summed E-state index contributed by atoms with van der Waals surface area (Å²) in [7, 11) is 2.14. The molecule has 0 bridgehead atoms. The van der Waals surface area contributed by atoms with E-state index in [4.69, 9.17) is 5.73 Å². The molecule has 0 radical (unpaired) electrons. The summed E-state index contributed by atoms with van der Waals surface area (Å²) in [5, 5.41) is 0. The van der Waals surface area contributed by atoms with Gasteiger partial charge in [-0.1, -0.05) is 18.2 Å². The van der Waals surface area contributed by atoms with E-state index < -0.39 is 0 Å². The maximum Gasteiger partial charge on any atom is 0.0437 e. The Morgan fingerprint density at radius 3 is 2.50 bits per heavy atom. The lowest BCUT2D eigenvalue weighted by Gasteiger charge is -2.29. The monoisotopic (exact) mass is 190 g/mol. The smallest absolute Gasteiger partial charge is 0.0437 e. The number of rotatable bonds is 4. The van der Waals surface area contributed by atoms with Crippen molar-refractivity contribution in [2.45, 2.75) is 18.9 Å². The topological polar surface area (TPSA) is 29.3 Å². The molecule has 1 aliphatic rings. The zero-order valence-electron chi connectivity index (χ0n) is 8.69. The summed E-state index contributed by atoms with van der Waals surface area (Å²) in [6.07, 6.45) is 2.69. The van der Waals surface area contributed by atoms with E-state index in [2.05, 4.69) is 36.2 Å². The van der Waals surface area contributed by atoms with E-state index in [1.54, 1.807) is 0 Å². The van der Waals surface area contributed by atoms with Crippen LogP contribution in [0.3, 0.4) is 0 Å². The first-order chi connectivity index (χ1) is 6.83. The Balaban J connectivity index is 2.09. The second kappa shape index (κ2) is 4.01. The number of anilines is 1. The first kappa shape index (κ1) is 9.53. The van der Waals surface area contributed by atoms with Crippen LogP contribution in [0.2, 0.25) is 0 Å². The summed E-state index contributed by atoms with van der Waals surface area (Å²) >= 11 is 0. The summed E-state index contributed by atoms with van der Waals surface area (Å²) < 4.78 is 0. The Morgan fingerprint density at radius 1 is 1.36 bits per heavy atom. The number of nitrogens with zero attached hydrogens (tertiary/aromatic N) is 1. The van der Waals surface area contributed by atoms with Gasteiger partial charge >= 0.3 is 0 Å². The molecule has 2 rings (SSSR count). The van der Waals surface area contributed by atoms with Crippen molar-refractivity contribution < 1.29 is 0 Å². The molecule has 1 saturated carbocycles. The van der Waals surface area contributed by atoms with E-state index in [1.165, 1.54) is 18.5 Å². The molecule has 2 heteroatoms. The lowest BCUT2D eigenvalue weighted by molar-refractivity contribution is 0.570. The predicted molar refractivity (Wildman–Crippen MR) is 60.4 cm³/mol. The van der Waals surface area contributed by atoms with Crippen LogP contribution in [0.5, 0.6) is 0 Å². The fraction of sp³-hybridized carbons (Fsp3) is 0.500. The van der Waals surface area contributed by atoms with Gasteiger partial charge in [-0.05, 0) is 30.9 Å². The number of benzene rings is 1. The van der Waals surface area contributed by atoms with E-state index in [0.29, 0.717) is 6.04 Å². The maximum absolute atomic E-state index is 5.81. The highest BCUT2D eigenvalue weighted by Gasteiger charge is 2.32. The van der Waals surface area contributed by atoms with Crippen LogP contribution in [0.25, 0.3) is 0 Å². The first-order valence-electron chi connectivity index (χ1n) is 5.31. The van der Waals surface area contributed by atoms with Crippen molar-refractivity contribution in [3.8, 4) is 0 Å². The van der Waals surface area contributed by atoms with Gasteiger partial charge in [0, 0.05) is 25.3 Å². The van der Waals surface area contributed by atoms with E-state index in [1.807, 2.05) is 6.07 Å². The molecule has 1 aromatic carbocycles. The molecule has 0 aliphatic heterocycles. The minimum atomic E-state index is 0.525. The van der Waals surface area contributed by atoms with Gasteiger partial charge in [-0.15, -0.1) is 0 Å². The van der Waals surface area contributed by atoms with E-state index >= 15 is 0 Å². The van der Waals surface area contributed by atoms with Crippen molar-refractivity contribution in [3.05, 3.63) is 30.3 Å². The molecule has 1 aromatic rings. The van der Waals surface area contributed by atoms with Crippen LogP contribution >= 0.6 is 0 Å². The summed E-state index contributed by atoms with van der Waals surface area (Å²) in [6, 6.07) is 11.0. The average molecular weight is 190 g/mol. The van der Waals surface area contributed by atoms with Crippen LogP contribution in [-0.4, -0.2) is 19.6 Å². The molecule has 76 valence electrons. The normalized spacial score (nSPS) is 17.9. The third-order valence-electron chi connectivity index (χ3n) is 3.07. The second-order valence-corrected chi connectivity index (χ2v) is 4.09. The van der Waals surface area contributed by atoms with Gasteiger partial charge in [0.2, 0.25) is 0 Å². The molecule has 2 nitrogen and oxygen atoms in total. The fourth-order valence-electron chi connectivity index (χ4n) is 2.00. The van der Waals surface area contributed by atoms with Gasteiger partial charge in [0.05, 0.1) is 0 Å². The minimum Gasteiger partial charge on any atom is -0.370 e. The van der Waals surface area contributed by atoms with Crippen molar-refractivity contribution in [3.63, 3.8) is 0 Å². The van der Waals surface area contributed by atoms with Crippen molar-refractivity contribution >= 4 is 5.69 Å². The first-order valence-corrected chi connectivity index (χ1v) is 5.31. The highest BCUT2D eigenvalue weighted by atomic mass is 15.2. The molecule has 0 aromatic heterocycles. The van der Waals surface area contributed by atoms with Gasteiger partial charge in [0.15, 0.2) is 0 Å². The molecular weight excluding hydrogens is 172 g/mol. The molecule has 2 N–H and O–H groups in total. The Bertz CT molecular complexity index is 280. The molecule has 1 unspecified atom stereocenters. The zero-order chi connectivity index (χ0) is 9.97. The standard InChI is InChI=1S/C12H18N2/c1-14(11-5-3-2-4-6-11)12(9-13)10-7-8-10/h2-6,10,12H,7-9,13H2,1H3. The summed E-state index contributed by atoms with van der Waals surface area (Å²) in [5.74, 6) is 0.824. The fourth-order valence-corrected chi connectivity index (χ4v) is 2.00. The quantitative estimate of drug-likeness (QED) is 0.785. The molecule has 0 spiro atoms. The van der Waals surface area contributed by atoms with Crippen LogP contribution in [0.1, 0.15) is 12.8 Å². The van der Waals surface area contributed by atoms with E-state index in [-0.39, 0.29) is 0 Å². The number of likely N-dealkylation sites (N-methyl/N-ethyl adjacent to an activating group) is 1. The Kier molecular flexibility index (Phi) is 2.73. The van der Waals surface area contributed by atoms with Gasteiger partial charge in [0.25, 0.3) is 0 Å². The Morgan fingerprint density at radius 2 is 2.00 bits per heavy atom. The third-order valence-corrected chi connectivity index (χ3v) is 3.07. The van der Waals surface area contributed by atoms with Gasteiger partial charge in [0.1, 0.15) is 0 Å². The van der Waals surface area contributed by atoms with Crippen LogP contribution in [-0.2, 0) is 0 Å². The SMILES string of the molecule is CN(c1ccccc1)C(CN)C1CC1. The van der Waals surface area contributed by atoms with Gasteiger partial charge in [-0.3, -0.25) is 0 Å². The molecule has 14 heavy (non-hydrogen) atoms. The molecule has 1 atom stereocenters. The lowest BCUT2D eigenvalue weighted by Crippen LogP contribution is -2.39. The summed E-state index contributed by atoms with van der Waals surface area (Å²) in [6.45, 7) is 0.760. The van der Waals surface area contributed by atoms with Crippen molar-refractivity contribution in [2.24, 2.45) is 11.7 Å². The van der Waals surface area contributed by atoms with Crippen molar-refractivity contribution in [2.75, 3.05) is 18.5 Å².